The summed E-state index contributed by atoms with van der Waals surface area (Å²) in [6.45, 7) is 7.78. The minimum atomic E-state index is -3.92. The second kappa shape index (κ2) is 6.89. The van der Waals surface area contributed by atoms with Crippen molar-refractivity contribution in [2.45, 2.75) is 60.0 Å². The SMILES string of the molecule is CC(=O)OC1(OC(C)=O)O[Si](OC(C)=O)(OC(C)=O)CCC1(C)C. The van der Waals surface area contributed by atoms with Crippen molar-refractivity contribution in [1.82, 2.24) is 0 Å². The molecule has 0 bridgehead atoms. The van der Waals surface area contributed by atoms with E-state index < -0.39 is 44.1 Å². The molecule has 136 valence electrons. The molecule has 0 radical (unpaired) electrons. The molecule has 1 saturated heterocycles. The normalized spacial score (nSPS) is 20.4. The van der Waals surface area contributed by atoms with E-state index >= 15 is 0 Å². The maximum absolute atomic E-state index is 11.5. The van der Waals surface area contributed by atoms with Crippen molar-refractivity contribution in [3.05, 3.63) is 0 Å². The summed E-state index contributed by atoms with van der Waals surface area (Å²) in [6.07, 6.45) is 0.250. The fourth-order valence-corrected chi connectivity index (χ4v) is 5.34. The summed E-state index contributed by atoms with van der Waals surface area (Å²) in [4.78, 5) is 46.0. The first-order valence-electron chi connectivity index (χ1n) is 7.31. The number of esters is 2. The quantitative estimate of drug-likeness (QED) is 0.414. The molecule has 1 aliphatic heterocycles. The summed E-state index contributed by atoms with van der Waals surface area (Å²) in [5.74, 6) is -5.19. The highest BCUT2D eigenvalue weighted by Crippen LogP contribution is 2.49. The molecule has 10 heteroatoms. The van der Waals surface area contributed by atoms with Gasteiger partial charge in [-0.3, -0.25) is 23.6 Å². The van der Waals surface area contributed by atoms with E-state index in [2.05, 4.69) is 0 Å². The highest BCUT2D eigenvalue weighted by atomic mass is 28.4. The van der Waals surface area contributed by atoms with Gasteiger partial charge in [0.15, 0.2) is 0 Å². The zero-order chi connectivity index (χ0) is 18.8. The van der Waals surface area contributed by atoms with Gasteiger partial charge in [-0.05, 0) is 20.3 Å². The Balaban J connectivity index is 3.38. The molecule has 0 N–H and O–H groups in total. The Labute approximate surface area is 140 Å². The van der Waals surface area contributed by atoms with Crippen LogP contribution in [0, 0.1) is 5.41 Å². The number of carbonyl (C=O) groups is 4. The van der Waals surface area contributed by atoms with Crippen LogP contribution in [0.2, 0.25) is 6.04 Å². The van der Waals surface area contributed by atoms with Crippen LogP contribution in [0.5, 0.6) is 0 Å². The zero-order valence-corrected chi connectivity index (χ0v) is 15.6. The molecule has 0 aliphatic carbocycles. The molecule has 0 spiro atoms. The van der Waals surface area contributed by atoms with Gasteiger partial charge >= 0.3 is 26.7 Å². The predicted octanol–water partition coefficient (Wildman–Crippen LogP) is 1.28. The van der Waals surface area contributed by atoms with E-state index in [1.54, 1.807) is 13.8 Å². The minimum Gasteiger partial charge on any atom is -0.464 e. The lowest BCUT2D eigenvalue weighted by molar-refractivity contribution is -0.375. The van der Waals surface area contributed by atoms with Crippen LogP contribution in [-0.4, -0.2) is 38.7 Å². The standard InChI is InChI=1S/C14H22O9Si/c1-9(15)19-14(20-10(2)16)13(5,6)7-8-24(23-14,21-11(3)17)22-12(4)18/h7-8H2,1-6H3. The summed E-state index contributed by atoms with van der Waals surface area (Å²) in [5.41, 5.74) is -0.971. The summed E-state index contributed by atoms with van der Waals surface area (Å²) in [5, 5.41) is 0. The van der Waals surface area contributed by atoms with Gasteiger partial charge in [-0.1, -0.05) is 0 Å². The molecule has 0 amide bonds. The Kier molecular flexibility index (Phi) is 5.77. The van der Waals surface area contributed by atoms with Gasteiger partial charge in [0.2, 0.25) is 0 Å². The predicted molar refractivity (Wildman–Crippen MR) is 79.8 cm³/mol. The van der Waals surface area contributed by atoms with Gasteiger partial charge in [0, 0.05) is 33.7 Å². The third kappa shape index (κ3) is 4.54. The Morgan fingerprint density at radius 2 is 1.25 bits per heavy atom. The van der Waals surface area contributed by atoms with Crippen LogP contribution in [-0.2, 0) is 41.9 Å². The molecule has 0 atom stereocenters. The van der Waals surface area contributed by atoms with Crippen LogP contribution in [0.3, 0.4) is 0 Å². The lowest BCUT2D eigenvalue weighted by Crippen LogP contribution is -2.66. The third-order valence-corrected chi connectivity index (χ3v) is 5.97. The van der Waals surface area contributed by atoms with E-state index in [0.29, 0.717) is 0 Å². The van der Waals surface area contributed by atoms with Crippen LogP contribution in [0.1, 0.15) is 48.0 Å². The number of hydrogen-bond donors (Lipinski definition) is 0. The number of rotatable bonds is 4. The minimum absolute atomic E-state index is 0.101. The molecular weight excluding hydrogens is 340 g/mol. The van der Waals surface area contributed by atoms with Crippen molar-refractivity contribution in [3.8, 4) is 0 Å². The molecule has 1 rings (SSSR count). The Morgan fingerprint density at radius 3 is 1.58 bits per heavy atom. The lowest BCUT2D eigenvalue weighted by atomic mass is 9.86. The van der Waals surface area contributed by atoms with Crippen LogP contribution in [0.15, 0.2) is 0 Å². The number of ether oxygens (including phenoxy) is 2. The molecule has 24 heavy (non-hydrogen) atoms. The molecular formula is C14H22O9Si. The van der Waals surface area contributed by atoms with Crippen LogP contribution in [0.25, 0.3) is 0 Å². The van der Waals surface area contributed by atoms with Crippen LogP contribution in [0.4, 0.5) is 0 Å². The Morgan fingerprint density at radius 1 is 0.833 bits per heavy atom. The van der Waals surface area contributed by atoms with Gasteiger partial charge in [0.1, 0.15) is 0 Å². The highest BCUT2D eigenvalue weighted by Gasteiger charge is 2.68. The van der Waals surface area contributed by atoms with E-state index in [1.165, 1.54) is 0 Å². The van der Waals surface area contributed by atoms with Crippen LogP contribution < -0.4 is 0 Å². The largest absolute Gasteiger partial charge is 0.641 e. The molecule has 0 aromatic heterocycles. The van der Waals surface area contributed by atoms with Crippen molar-refractivity contribution in [2.24, 2.45) is 5.41 Å². The molecule has 0 aromatic carbocycles. The van der Waals surface area contributed by atoms with Gasteiger partial charge in [-0.2, -0.15) is 0 Å². The van der Waals surface area contributed by atoms with Crippen LogP contribution >= 0.6 is 0 Å². The highest BCUT2D eigenvalue weighted by molar-refractivity contribution is 6.64. The molecule has 1 heterocycles. The third-order valence-electron chi connectivity index (χ3n) is 3.33. The van der Waals surface area contributed by atoms with Crippen molar-refractivity contribution in [1.29, 1.82) is 0 Å². The molecule has 9 nitrogen and oxygen atoms in total. The fraction of sp³-hybridized carbons (Fsp3) is 0.714. The maximum Gasteiger partial charge on any atom is 0.641 e. The van der Waals surface area contributed by atoms with E-state index in [-0.39, 0.29) is 12.5 Å². The first-order chi connectivity index (χ1) is 10.8. The Hall–Kier alpha value is -1.94. The van der Waals surface area contributed by atoms with Gasteiger partial charge in [-0.15, -0.1) is 0 Å². The number of hydrogen-bond acceptors (Lipinski definition) is 9. The van der Waals surface area contributed by atoms with Gasteiger partial charge in [-0.25, -0.2) is 0 Å². The van der Waals surface area contributed by atoms with E-state index in [9.17, 15) is 19.2 Å². The molecule has 1 aliphatic rings. The smallest absolute Gasteiger partial charge is 0.464 e. The van der Waals surface area contributed by atoms with E-state index in [0.717, 1.165) is 27.7 Å². The average Bonchev–Trinajstić information content (AvgIpc) is 2.31. The first-order valence-corrected chi connectivity index (χ1v) is 9.25. The lowest BCUT2D eigenvalue weighted by Gasteiger charge is -2.49. The summed E-state index contributed by atoms with van der Waals surface area (Å²) in [7, 11) is -3.92. The number of carbonyl (C=O) groups excluding carboxylic acids is 4. The van der Waals surface area contributed by atoms with Crippen molar-refractivity contribution >= 4 is 32.7 Å². The molecule has 0 unspecified atom stereocenters. The van der Waals surface area contributed by atoms with Gasteiger partial charge in [0.05, 0.1) is 5.41 Å². The Bertz CT molecular complexity index is 522. The van der Waals surface area contributed by atoms with Crippen molar-refractivity contribution in [2.75, 3.05) is 0 Å². The second-order valence-corrected chi connectivity index (χ2v) is 8.58. The van der Waals surface area contributed by atoms with Crippen molar-refractivity contribution in [3.63, 3.8) is 0 Å². The molecule has 0 aromatic rings. The summed E-state index contributed by atoms with van der Waals surface area (Å²) >= 11 is 0. The fourth-order valence-electron chi connectivity index (χ4n) is 2.33. The maximum atomic E-state index is 11.5. The monoisotopic (exact) mass is 362 g/mol. The molecule has 1 fully saturated rings. The van der Waals surface area contributed by atoms with E-state index in [1.807, 2.05) is 0 Å². The van der Waals surface area contributed by atoms with Crippen molar-refractivity contribution < 1.29 is 41.9 Å². The topological polar surface area (TPSA) is 114 Å². The summed E-state index contributed by atoms with van der Waals surface area (Å²) in [6, 6.07) is 0.101. The zero-order valence-electron chi connectivity index (χ0n) is 14.6. The first kappa shape index (κ1) is 20.1. The molecule has 0 saturated carbocycles. The van der Waals surface area contributed by atoms with Gasteiger partial charge < -0.3 is 18.3 Å². The summed E-state index contributed by atoms with van der Waals surface area (Å²) < 4.78 is 26.3. The average molecular weight is 362 g/mol. The second-order valence-electron chi connectivity index (χ2n) is 6.10. The van der Waals surface area contributed by atoms with Gasteiger partial charge in [0.25, 0.3) is 11.9 Å². The van der Waals surface area contributed by atoms with E-state index in [4.69, 9.17) is 22.8 Å².